The number of ether oxygens (including phenoxy) is 8. The van der Waals surface area contributed by atoms with Crippen LogP contribution in [0, 0.1) is 40.0 Å². The number of nitrogens with zero attached hydrogens (tertiary/aromatic N) is 12. The standard InChI is InChI=1S/C32H36N8O9.C21H23N3O4.C11H13N5O5/c1-4-21-22(10-23(48-21)39-11-17(2)26(34-30(39)44)33-28(43)19-8-6-5-7-9-19)46-14-20-13-38(37-36-20)15-32-16-47-24(25(32)41)29(49-32)40-12-18(3)27(42)35-31(40)45;1-4-11-27-17-12-18(28-16(17)5-2)24-13-14(3)19(23-21(24)26)22-20(25)15-9-7-6-8-10-15;1-5-2-16(10(19)14-8(5)18)9-6-7(17)11(21-9,4-20-6)3-13-15-12/h5-9,11-13,21-25,29,41H,4,10,14-16H2,1-3H3,(H,35,42,45)(H,33,34,43,44);1,6-10,13,16-18H,5,11-12H2,2-3H3,(H,22,23,25,26);2,6-7,9,17H,3-4H2,1H3,(H,14,18,19)/t21-,22?,23-,24+,25?,29-,32+;16-,17?,18-;6-,7?,9+,11-/m110/s1. The van der Waals surface area contributed by atoms with Crippen LogP contribution in [-0.4, -0.2) is 162 Å². The van der Waals surface area contributed by atoms with Crippen LogP contribution in [0.4, 0.5) is 11.6 Å². The van der Waals surface area contributed by atoms with Crippen molar-refractivity contribution < 1.29 is 57.7 Å². The summed E-state index contributed by atoms with van der Waals surface area (Å²) in [5, 5.41) is 38.5. The second-order valence-electron chi connectivity index (χ2n) is 24.4. The van der Waals surface area contributed by atoms with Gasteiger partial charge in [0.05, 0.1) is 63.5 Å². The molecule has 34 heteroatoms. The summed E-state index contributed by atoms with van der Waals surface area (Å²) < 4.78 is 54.0. The van der Waals surface area contributed by atoms with Crippen LogP contribution in [0.25, 0.3) is 10.4 Å². The summed E-state index contributed by atoms with van der Waals surface area (Å²) in [5.41, 5.74) is 6.09. The Kier molecular flexibility index (Phi) is 20.9. The van der Waals surface area contributed by atoms with E-state index in [1.165, 1.54) is 35.3 Å². The summed E-state index contributed by atoms with van der Waals surface area (Å²) in [6.07, 6.45) is 7.70. The van der Waals surface area contributed by atoms with Gasteiger partial charge in [-0.3, -0.25) is 47.4 Å². The van der Waals surface area contributed by atoms with E-state index in [1.807, 2.05) is 26.0 Å². The number of fused-ring (bicyclic) bond motifs is 4. The number of aliphatic hydroxyl groups excluding tert-OH is 2. The average Bonchev–Trinajstić information content (AvgIpc) is 1.58. The van der Waals surface area contributed by atoms with Crippen LogP contribution < -0.4 is 44.5 Å². The molecule has 6 N–H and O–H groups in total. The molecule has 14 atom stereocenters. The Bertz CT molecular complexity index is 4560. The summed E-state index contributed by atoms with van der Waals surface area (Å²) in [7, 11) is 0. The molecule has 6 aliphatic heterocycles. The molecule has 2 aromatic carbocycles. The Labute approximate surface area is 556 Å². The number of rotatable bonds is 19. The van der Waals surface area contributed by atoms with Crippen molar-refractivity contribution in [1.82, 2.24) is 53.2 Å². The van der Waals surface area contributed by atoms with Crippen molar-refractivity contribution in [2.24, 2.45) is 5.11 Å². The first-order valence-electron chi connectivity index (χ1n) is 31.5. The number of terminal acetylenes is 1. The molecule has 0 radical (unpaired) electrons. The summed E-state index contributed by atoms with van der Waals surface area (Å²) in [5.74, 6) is 2.19. The normalized spacial score (nSPS) is 27.1. The lowest BCUT2D eigenvalue weighted by Crippen LogP contribution is -2.45. The van der Waals surface area contributed by atoms with E-state index in [4.69, 9.17) is 49.8 Å². The van der Waals surface area contributed by atoms with E-state index in [0.29, 0.717) is 58.3 Å². The molecular formula is C64H72N16O18. The van der Waals surface area contributed by atoms with Crippen LogP contribution in [0.1, 0.15) is 113 Å². The predicted molar refractivity (Wildman–Crippen MR) is 343 cm³/mol. The second kappa shape index (κ2) is 29.4. The van der Waals surface area contributed by atoms with Crippen LogP contribution in [-0.2, 0) is 51.0 Å². The van der Waals surface area contributed by atoms with Crippen LogP contribution in [0.5, 0.6) is 0 Å². The smallest absolute Gasteiger partial charge is 0.351 e. The first-order chi connectivity index (χ1) is 47.1. The molecule has 2 amide bonds. The number of anilines is 2. The number of nitrogens with one attached hydrogen (secondary N) is 4. The number of benzene rings is 2. The van der Waals surface area contributed by atoms with E-state index >= 15 is 0 Å². The molecule has 34 nitrogen and oxygen atoms in total. The number of hydrogen-bond donors (Lipinski definition) is 6. The Morgan fingerprint density at radius 2 is 1.14 bits per heavy atom. The van der Waals surface area contributed by atoms with Gasteiger partial charge in [-0.15, -0.1) is 11.5 Å². The molecule has 6 saturated heterocycles. The van der Waals surface area contributed by atoms with Crippen molar-refractivity contribution in [3.63, 3.8) is 0 Å². The minimum Gasteiger partial charge on any atom is -0.387 e. The maximum atomic E-state index is 13.0. The Hall–Kier alpha value is -9.89. The van der Waals surface area contributed by atoms with Crippen molar-refractivity contribution in [2.75, 3.05) is 37.0 Å². The highest BCUT2D eigenvalue weighted by atomic mass is 16.7. The van der Waals surface area contributed by atoms with Crippen LogP contribution in [0.3, 0.4) is 0 Å². The summed E-state index contributed by atoms with van der Waals surface area (Å²) in [6, 6.07) is 17.4. The minimum absolute atomic E-state index is 0.0746. The van der Waals surface area contributed by atoms with Crippen molar-refractivity contribution in [3.8, 4) is 12.3 Å². The Morgan fingerprint density at radius 3 is 1.62 bits per heavy atom. The third-order valence-corrected chi connectivity index (χ3v) is 17.7. The van der Waals surface area contributed by atoms with Crippen molar-refractivity contribution in [2.45, 2.75) is 165 Å². The average molecular weight is 1350 g/mol. The summed E-state index contributed by atoms with van der Waals surface area (Å²) >= 11 is 0. The fourth-order valence-corrected chi connectivity index (χ4v) is 12.5. The van der Waals surface area contributed by atoms with Crippen molar-refractivity contribution in [3.05, 3.63) is 204 Å². The third-order valence-electron chi connectivity index (χ3n) is 17.7. The lowest BCUT2D eigenvalue weighted by atomic mass is 9.99. The molecule has 4 unspecified atom stereocenters. The van der Waals surface area contributed by atoms with Gasteiger partial charge in [-0.05, 0) is 70.3 Å². The van der Waals surface area contributed by atoms with Gasteiger partial charge in [0.15, 0.2) is 12.5 Å². The van der Waals surface area contributed by atoms with Crippen molar-refractivity contribution >= 4 is 23.5 Å². The molecule has 4 bridgehead atoms. The van der Waals surface area contributed by atoms with E-state index in [2.05, 4.69) is 56.8 Å². The number of aliphatic hydroxyl groups is 2. The molecule has 0 aliphatic carbocycles. The van der Waals surface area contributed by atoms with Crippen LogP contribution >= 0.6 is 0 Å². The quantitative estimate of drug-likeness (QED) is 0.0293. The number of aryl methyl sites for hydroxylation is 4. The number of aromatic amines is 2. The highest BCUT2D eigenvalue weighted by molar-refractivity contribution is 6.04. The first-order valence-corrected chi connectivity index (χ1v) is 31.5. The fraction of sp³-hybridized carbons (Fsp3) is 0.469. The van der Waals surface area contributed by atoms with Crippen LogP contribution in [0.2, 0.25) is 0 Å². The van der Waals surface area contributed by atoms with Gasteiger partial charge in [0.2, 0.25) is 0 Å². The number of carbonyl (C=O) groups excluding carboxylic acids is 2. The van der Waals surface area contributed by atoms with E-state index in [-0.39, 0.29) is 87.4 Å². The van der Waals surface area contributed by atoms with Gasteiger partial charge in [0.25, 0.3) is 22.9 Å². The minimum atomic E-state index is -1.19. The molecule has 7 aromatic rings. The van der Waals surface area contributed by atoms with E-state index in [9.17, 15) is 48.6 Å². The van der Waals surface area contributed by atoms with Gasteiger partial charge < -0.3 is 58.7 Å². The van der Waals surface area contributed by atoms with E-state index in [1.54, 1.807) is 94.8 Å². The number of hydrogen-bond acceptors (Lipinski definition) is 23. The topological polar surface area (TPSA) is 431 Å². The first kappa shape index (κ1) is 69.5. The van der Waals surface area contributed by atoms with Gasteiger partial charge in [-0.25, -0.2) is 23.9 Å². The lowest BCUT2D eigenvalue weighted by Gasteiger charge is -2.30. The molecule has 6 fully saturated rings. The van der Waals surface area contributed by atoms with E-state index < -0.39 is 94.4 Å². The SMILES string of the molecule is C#CCOC1C[C@H](n2cc(C)c(NC(=O)c3ccccc3)nc2=O)O[C@@H]1CC.CC[C@H]1O[C@@H](n2cc(C)c(NC(=O)c3ccccc3)nc2=O)CC1OCc1cn(C[C@]23CO[C@@H](C2O)[C@H](n2cc(C)c(=O)[nH]c2=O)O3)nn1.Cc1cn([C@@H]2O[C@@]3(CN=[N+]=[N-])CO[C@H]2C3O)c(=O)[nH]c1=O. The monoisotopic (exact) mass is 1350 g/mol. The molecule has 0 saturated carbocycles. The highest BCUT2D eigenvalue weighted by Crippen LogP contribution is 2.46. The van der Waals surface area contributed by atoms with Gasteiger partial charge in [0, 0.05) is 75.9 Å². The lowest BCUT2D eigenvalue weighted by molar-refractivity contribution is -0.180. The zero-order chi connectivity index (χ0) is 69.7. The maximum Gasteiger partial charge on any atom is 0.351 e. The predicted octanol–water partition coefficient (Wildman–Crippen LogP) is 2.27. The molecule has 98 heavy (non-hydrogen) atoms. The third kappa shape index (κ3) is 14.4. The van der Waals surface area contributed by atoms with Gasteiger partial charge in [-0.2, -0.15) is 9.97 Å². The maximum absolute atomic E-state index is 13.0. The number of aromatic nitrogens is 11. The zero-order valence-electron chi connectivity index (χ0n) is 54.0. The Balaban J connectivity index is 0.000000166. The molecule has 13 rings (SSSR count). The summed E-state index contributed by atoms with van der Waals surface area (Å²) in [4.78, 5) is 113. The largest absolute Gasteiger partial charge is 0.387 e. The zero-order valence-corrected chi connectivity index (χ0v) is 54.0. The molecular weight excluding hydrogens is 1280 g/mol. The van der Waals surface area contributed by atoms with Gasteiger partial charge in [0.1, 0.15) is 72.0 Å². The number of amides is 2. The fourth-order valence-electron chi connectivity index (χ4n) is 12.5. The van der Waals surface area contributed by atoms with Crippen LogP contribution in [0.15, 0.2) is 126 Å². The molecule has 516 valence electrons. The van der Waals surface area contributed by atoms with Crippen molar-refractivity contribution in [1.29, 1.82) is 0 Å². The summed E-state index contributed by atoms with van der Waals surface area (Å²) in [6.45, 7) is 11.1. The number of carbonyl (C=O) groups is 2. The second-order valence-corrected chi connectivity index (χ2v) is 24.4. The molecule has 11 heterocycles. The van der Waals surface area contributed by atoms with E-state index in [0.717, 1.165) is 6.42 Å². The van der Waals surface area contributed by atoms with Gasteiger partial charge in [-0.1, -0.05) is 66.5 Å². The molecule has 5 aromatic heterocycles. The number of H-pyrrole nitrogens is 2. The van der Waals surface area contributed by atoms with Gasteiger partial charge >= 0.3 is 22.8 Å². The molecule has 6 aliphatic rings. The number of azide groups is 1. The molecule has 0 spiro atoms. The highest BCUT2D eigenvalue weighted by Gasteiger charge is 2.63. The Morgan fingerprint density at radius 1 is 0.684 bits per heavy atom.